The molecule has 214 valence electrons. The third kappa shape index (κ3) is 6.61. The van der Waals surface area contributed by atoms with E-state index in [1.807, 2.05) is 12.1 Å². The lowest BCUT2D eigenvalue weighted by atomic mass is 10.0. The average Bonchev–Trinajstić information content (AvgIpc) is 2.90. The molecule has 0 aliphatic carbocycles. The maximum Gasteiger partial charge on any atom is 0.247 e. The monoisotopic (exact) mass is 570 g/mol. The van der Waals surface area contributed by atoms with Crippen molar-refractivity contribution in [1.29, 1.82) is 5.26 Å². The van der Waals surface area contributed by atoms with E-state index in [0.29, 0.717) is 23.2 Å². The van der Waals surface area contributed by atoms with Gasteiger partial charge in [0.05, 0.1) is 49.7 Å². The van der Waals surface area contributed by atoms with Gasteiger partial charge in [0, 0.05) is 25.2 Å². The number of aromatic nitrogens is 2. The average molecular weight is 571 g/mol. The molecule has 0 unspecified atom stereocenters. The summed E-state index contributed by atoms with van der Waals surface area (Å²) in [7, 11) is 2.40. The van der Waals surface area contributed by atoms with Gasteiger partial charge in [0.25, 0.3) is 0 Å². The summed E-state index contributed by atoms with van der Waals surface area (Å²) in [5, 5.41) is 15.5. The van der Waals surface area contributed by atoms with Crippen LogP contribution in [0, 0.1) is 11.3 Å². The van der Waals surface area contributed by atoms with E-state index >= 15 is 0 Å². The molecule has 2 saturated heterocycles. The largest absolute Gasteiger partial charge is 0.494 e. The maximum absolute atomic E-state index is 12.3. The Kier molecular flexibility index (Phi) is 8.77. The highest BCUT2D eigenvalue weighted by Gasteiger charge is 2.35. The normalized spacial score (nSPS) is 16.6. The summed E-state index contributed by atoms with van der Waals surface area (Å²) in [6.45, 7) is 5.53. The number of nitriles is 1. The minimum absolute atomic E-state index is 0.0395. The van der Waals surface area contributed by atoms with E-state index in [9.17, 15) is 18.5 Å². The number of rotatable bonds is 10. The standard InChI is InChI=1S/C26H34N8O5S/c1-6-24(35)29-20-11-21(23(38-4)12-22(20)33-9-7-18(8-10-33)32(2)3)30-26-28-14-17(13-27)25(31-26)39-19-15-34(16-19)40(5,36)37/h6,11-12,14,18-19H,1,7-10,15-16H2,2-5H3,(H,29,35)(H,28,30,31). The predicted molar refractivity (Wildman–Crippen MR) is 152 cm³/mol. The van der Waals surface area contributed by atoms with Gasteiger partial charge in [-0.25, -0.2) is 13.4 Å². The molecule has 0 bridgehead atoms. The number of nitrogens with one attached hydrogen (secondary N) is 2. The molecule has 0 saturated carbocycles. The van der Waals surface area contributed by atoms with Crippen molar-refractivity contribution in [2.24, 2.45) is 0 Å². The van der Waals surface area contributed by atoms with Crippen molar-refractivity contribution >= 4 is 38.9 Å². The highest BCUT2D eigenvalue weighted by atomic mass is 32.2. The molecule has 0 spiro atoms. The fourth-order valence-corrected chi connectivity index (χ4v) is 5.50. The van der Waals surface area contributed by atoms with E-state index in [2.05, 4.69) is 51.1 Å². The van der Waals surface area contributed by atoms with E-state index in [4.69, 9.17) is 9.47 Å². The summed E-state index contributed by atoms with van der Waals surface area (Å²) < 4.78 is 36.1. The van der Waals surface area contributed by atoms with Gasteiger partial charge >= 0.3 is 0 Å². The van der Waals surface area contributed by atoms with Gasteiger partial charge in [-0.1, -0.05) is 6.58 Å². The third-order valence-electron chi connectivity index (χ3n) is 6.98. The molecule has 2 aliphatic heterocycles. The first-order valence-corrected chi connectivity index (χ1v) is 14.6. The molecule has 40 heavy (non-hydrogen) atoms. The Morgan fingerprint density at radius 3 is 2.52 bits per heavy atom. The molecule has 2 aromatic rings. The fraction of sp³-hybridized carbons (Fsp3) is 0.462. The number of amides is 1. The number of sulfonamides is 1. The first-order chi connectivity index (χ1) is 19.0. The molecule has 1 aromatic heterocycles. The van der Waals surface area contributed by atoms with Crippen LogP contribution in [0.3, 0.4) is 0 Å². The second-order valence-corrected chi connectivity index (χ2v) is 11.9. The van der Waals surface area contributed by atoms with Crippen molar-refractivity contribution < 1.29 is 22.7 Å². The number of benzene rings is 1. The summed E-state index contributed by atoms with van der Waals surface area (Å²) in [5.41, 5.74) is 1.99. The van der Waals surface area contributed by atoms with Crippen molar-refractivity contribution in [1.82, 2.24) is 19.2 Å². The number of methoxy groups -OCH3 is 1. The number of hydrogen-bond donors (Lipinski definition) is 2. The van der Waals surface area contributed by atoms with Crippen LogP contribution in [0.4, 0.5) is 23.0 Å². The van der Waals surface area contributed by atoms with Gasteiger partial charge < -0.3 is 29.9 Å². The molecule has 1 aromatic carbocycles. The Labute approximate surface area is 234 Å². The van der Waals surface area contributed by atoms with E-state index in [-0.39, 0.29) is 36.4 Å². The minimum atomic E-state index is -3.31. The van der Waals surface area contributed by atoms with Crippen LogP contribution < -0.4 is 25.0 Å². The number of carbonyl (C=O) groups is 1. The predicted octanol–water partition coefficient (Wildman–Crippen LogP) is 1.78. The molecular formula is C26H34N8O5S. The zero-order chi connectivity index (χ0) is 29.0. The molecule has 3 heterocycles. The molecule has 13 nitrogen and oxygen atoms in total. The Bertz CT molecular complexity index is 1410. The molecule has 2 aliphatic rings. The smallest absolute Gasteiger partial charge is 0.247 e. The van der Waals surface area contributed by atoms with Gasteiger partial charge in [-0.05, 0) is 39.1 Å². The Hall–Kier alpha value is -3.93. The van der Waals surface area contributed by atoms with Crippen LogP contribution in [0.2, 0.25) is 0 Å². The van der Waals surface area contributed by atoms with Gasteiger partial charge in [-0.3, -0.25) is 4.79 Å². The second kappa shape index (κ2) is 12.1. The Morgan fingerprint density at radius 2 is 1.95 bits per heavy atom. The summed E-state index contributed by atoms with van der Waals surface area (Å²) in [5.74, 6) is 0.318. The Balaban J connectivity index is 1.60. The Morgan fingerprint density at radius 1 is 1.25 bits per heavy atom. The molecule has 1 amide bonds. The SMILES string of the molecule is C=CC(=O)Nc1cc(Nc2ncc(C#N)c(OC3CN(S(C)(=O)=O)C3)n2)c(OC)cc1N1CCC(N(C)C)CC1. The molecule has 2 N–H and O–H groups in total. The molecule has 2 fully saturated rings. The van der Waals surface area contributed by atoms with Crippen LogP contribution in [-0.2, 0) is 14.8 Å². The molecule has 0 atom stereocenters. The van der Waals surface area contributed by atoms with Crippen molar-refractivity contribution in [3.05, 3.63) is 36.5 Å². The van der Waals surface area contributed by atoms with Gasteiger partial charge in [-0.2, -0.15) is 14.6 Å². The van der Waals surface area contributed by atoms with Crippen LogP contribution in [0.25, 0.3) is 0 Å². The lowest BCUT2D eigenvalue weighted by Gasteiger charge is -2.37. The molecular weight excluding hydrogens is 536 g/mol. The zero-order valence-electron chi connectivity index (χ0n) is 23.0. The first-order valence-electron chi connectivity index (χ1n) is 12.7. The van der Waals surface area contributed by atoms with Gasteiger partial charge in [-0.15, -0.1) is 0 Å². The van der Waals surface area contributed by atoms with E-state index in [1.165, 1.54) is 16.6 Å². The lowest BCUT2D eigenvalue weighted by molar-refractivity contribution is -0.111. The topological polar surface area (TPSA) is 153 Å². The highest BCUT2D eigenvalue weighted by molar-refractivity contribution is 7.88. The number of anilines is 4. The summed E-state index contributed by atoms with van der Waals surface area (Å²) in [6.07, 6.45) is 5.19. The summed E-state index contributed by atoms with van der Waals surface area (Å²) in [6, 6.07) is 6.08. The number of carbonyl (C=O) groups excluding carboxylic acids is 1. The van der Waals surface area contributed by atoms with Crippen LogP contribution in [0.1, 0.15) is 18.4 Å². The summed E-state index contributed by atoms with van der Waals surface area (Å²) in [4.78, 5) is 25.3. The minimum Gasteiger partial charge on any atom is -0.494 e. The van der Waals surface area contributed by atoms with Crippen molar-refractivity contribution in [3.8, 4) is 17.7 Å². The summed E-state index contributed by atoms with van der Waals surface area (Å²) >= 11 is 0. The number of ether oxygens (including phenoxy) is 2. The van der Waals surface area contributed by atoms with Crippen molar-refractivity contribution in [2.75, 3.05) is 69.2 Å². The lowest BCUT2D eigenvalue weighted by Crippen LogP contribution is -2.55. The van der Waals surface area contributed by atoms with E-state index < -0.39 is 16.1 Å². The van der Waals surface area contributed by atoms with Crippen molar-refractivity contribution in [3.63, 3.8) is 0 Å². The first kappa shape index (κ1) is 29.1. The maximum atomic E-state index is 12.3. The van der Waals surface area contributed by atoms with Gasteiger partial charge in [0.15, 0.2) is 0 Å². The van der Waals surface area contributed by atoms with Crippen molar-refractivity contribution in [2.45, 2.75) is 25.0 Å². The van der Waals surface area contributed by atoms with E-state index in [1.54, 1.807) is 13.2 Å². The molecule has 0 radical (unpaired) electrons. The van der Waals surface area contributed by atoms with Crippen LogP contribution in [0.15, 0.2) is 31.0 Å². The quantitative estimate of drug-likeness (QED) is 0.402. The zero-order valence-corrected chi connectivity index (χ0v) is 23.9. The van der Waals surface area contributed by atoms with Crippen LogP contribution in [0.5, 0.6) is 11.6 Å². The number of piperidine rings is 1. The van der Waals surface area contributed by atoms with Crippen LogP contribution in [-0.4, -0.2) is 99.3 Å². The molecule has 14 heteroatoms. The number of nitrogens with zero attached hydrogens (tertiary/aromatic N) is 6. The van der Waals surface area contributed by atoms with Gasteiger partial charge in [0.1, 0.15) is 23.5 Å². The number of hydrogen-bond acceptors (Lipinski definition) is 11. The third-order valence-corrected chi connectivity index (χ3v) is 8.22. The second-order valence-electron chi connectivity index (χ2n) is 9.91. The highest BCUT2D eigenvalue weighted by Crippen LogP contribution is 2.39. The molecule has 4 rings (SSSR count). The van der Waals surface area contributed by atoms with E-state index in [0.717, 1.165) is 37.9 Å². The van der Waals surface area contributed by atoms with Crippen LogP contribution >= 0.6 is 0 Å². The fourth-order valence-electron chi connectivity index (χ4n) is 4.62. The van der Waals surface area contributed by atoms with Gasteiger partial charge in [0.2, 0.25) is 27.8 Å².